The van der Waals surface area contributed by atoms with Gasteiger partial charge in [0.25, 0.3) is 0 Å². The summed E-state index contributed by atoms with van der Waals surface area (Å²) in [6, 6.07) is 0. The molecule has 1 N–H and O–H groups in total. The minimum absolute atomic E-state index is 0.188. The largest absolute Gasteiger partial charge is 0.465 e. The highest BCUT2D eigenvalue weighted by atomic mass is 79.9. The van der Waals surface area contributed by atoms with Crippen molar-refractivity contribution in [1.29, 1.82) is 0 Å². The van der Waals surface area contributed by atoms with Gasteiger partial charge in [0.1, 0.15) is 0 Å². The highest BCUT2D eigenvalue weighted by molar-refractivity contribution is 9.09. The molecule has 0 aromatic carbocycles. The summed E-state index contributed by atoms with van der Waals surface area (Å²) in [7, 11) is 1.39. The maximum Gasteiger partial charge on any atom is 0.339 e. The van der Waals surface area contributed by atoms with Gasteiger partial charge in [0.05, 0.1) is 23.8 Å². The first-order chi connectivity index (χ1) is 6.72. The number of rotatable bonds is 1. The van der Waals surface area contributed by atoms with E-state index in [4.69, 9.17) is 0 Å². The van der Waals surface area contributed by atoms with Crippen molar-refractivity contribution in [3.63, 3.8) is 0 Å². The molecule has 4 nitrogen and oxygen atoms in total. The van der Waals surface area contributed by atoms with E-state index in [9.17, 15) is 4.79 Å². The van der Waals surface area contributed by atoms with Gasteiger partial charge < -0.3 is 9.64 Å². The zero-order chi connectivity index (χ0) is 10.1. The Hall–Kier alpha value is -0.810. The van der Waals surface area contributed by atoms with Crippen molar-refractivity contribution >= 4 is 21.9 Å². The van der Waals surface area contributed by atoms with Crippen LogP contribution in [0.25, 0.3) is 0 Å². The summed E-state index contributed by atoms with van der Waals surface area (Å²) in [5.41, 5.74) is 0.580. The molecule has 2 aliphatic rings. The summed E-state index contributed by atoms with van der Waals surface area (Å²) in [5, 5.41) is 3.28. The van der Waals surface area contributed by atoms with Crippen LogP contribution in [0.4, 0.5) is 0 Å². The molecule has 2 heterocycles. The summed E-state index contributed by atoms with van der Waals surface area (Å²) < 4.78 is 4.65. The molecule has 1 fully saturated rings. The number of methoxy groups -OCH3 is 1. The standard InChI is InChI=1S/C9H11BrN2O2/c1-14-9(13)6-2-3-8-11-4-7(10)12(8)5-6/h2-3,5,7-8,11H,4H2,1H3/t7-,8+/m0/s1. The van der Waals surface area contributed by atoms with E-state index >= 15 is 0 Å². The number of nitrogens with one attached hydrogen (secondary N) is 1. The van der Waals surface area contributed by atoms with Crippen molar-refractivity contribution < 1.29 is 9.53 Å². The Morgan fingerprint density at radius 1 is 1.79 bits per heavy atom. The van der Waals surface area contributed by atoms with Gasteiger partial charge in [0.15, 0.2) is 0 Å². The molecule has 0 radical (unpaired) electrons. The zero-order valence-corrected chi connectivity index (χ0v) is 9.32. The van der Waals surface area contributed by atoms with E-state index in [0.717, 1.165) is 6.54 Å². The Kier molecular flexibility index (Phi) is 2.60. The van der Waals surface area contributed by atoms with Gasteiger partial charge in [-0.05, 0) is 12.2 Å². The summed E-state index contributed by atoms with van der Waals surface area (Å²) >= 11 is 3.51. The minimum Gasteiger partial charge on any atom is -0.465 e. The summed E-state index contributed by atoms with van der Waals surface area (Å²) in [4.78, 5) is 13.5. The van der Waals surface area contributed by atoms with Crippen LogP contribution in [0.5, 0.6) is 0 Å². The van der Waals surface area contributed by atoms with Crippen LogP contribution in [-0.4, -0.2) is 35.6 Å². The van der Waals surface area contributed by atoms with Gasteiger partial charge in [-0.15, -0.1) is 0 Å². The number of nitrogens with zero attached hydrogens (tertiary/aromatic N) is 1. The highest BCUT2D eigenvalue weighted by Crippen LogP contribution is 2.23. The lowest BCUT2D eigenvalue weighted by Gasteiger charge is -2.26. The van der Waals surface area contributed by atoms with Crippen LogP contribution in [0, 0.1) is 0 Å². The molecule has 14 heavy (non-hydrogen) atoms. The summed E-state index contributed by atoms with van der Waals surface area (Å²) in [6.07, 6.45) is 5.74. The third-order valence-electron chi connectivity index (χ3n) is 2.31. The van der Waals surface area contributed by atoms with Crippen molar-refractivity contribution in [2.75, 3.05) is 13.7 Å². The summed E-state index contributed by atoms with van der Waals surface area (Å²) in [6.45, 7) is 0.861. The van der Waals surface area contributed by atoms with Crippen LogP contribution in [0.3, 0.4) is 0 Å². The maximum absolute atomic E-state index is 11.3. The Morgan fingerprint density at radius 3 is 3.29 bits per heavy atom. The predicted octanol–water partition coefficient (Wildman–Crippen LogP) is 0.565. The second-order valence-electron chi connectivity index (χ2n) is 3.17. The van der Waals surface area contributed by atoms with Gasteiger partial charge in [0.2, 0.25) is 0 Å². The molecule has 0 amide bonds. The van der Waals surface area contributed by atoms with Crippen LogP contribution in [0.1, 0.15) is 0 Å². The zero-order valence-electron chi connectivity index (χ0n) is 7.74. The Balaban J connectivity index is 2.19. The van der Waals surface area contributed by atoms with Gasteiger partial charge in [-0.25, -0.2) is 4.79 Å². The van der Waals surface area contributed by atoms with Gasteiger partial charge >= 0.3 is 5.97 Å². The van der Waals surface area contributed by atoms with Crippen molar-refractivity contribution in [1.82, 2.24) is 10.2 Å². The third kappa shape index (κ3) is 1.57. The molecule has 0 saturated carbocycles. The van der Waals surface area contributed by atoms with E-state index in [2.05, 4.69) is 26.0 Å². The third-order valence-corrected chi connectivity index (χ3v) is 3.10. The number of halogens is 1. The van der Waals surface area contributed by atoms with Crippen LogP contribution >= 0.6 is 15.9 Å². The van der Waals surface area contributed by atoms with E-state index in [0.29, 0.717) is 5.57 Å². The number of ether oxygens (including phenoxy) is 1. The van der Waals surface area contributed by atoms with Crippen LogP contribution in [0.2, 0.25) is 0 Å². The lowest BCUT2D eigenvalue weighted by molar-refractivity contribution is -0.135. The van der Waals surface area contributed by atoms with Crippen LogP contribution in [0.15, 0.2) is 23.9 Å². The molecule has 2 aliphatic heterocycles. The highest BCUT2D eigenvalue weighted by Gasteiger charge is 2.30. The maximum atomic E-state index is 11.3. The molecular formula is C9H11BrN2O2. The lowest BCUT2D eigenvalue weighted by Crippen LogP contribution is -2.34. The number of alkyl halides is 1. The SMILES string of the molecule is COC(=O)C1=CN2[C@H](Br)CN[C@H]2C=C1. The minimum atomic E-state index is -0.300. The van der Waals surface area contributed by atoms with Gasteiger partial charge in [-0.1, -0.05) is 15.9 Å². The van der Waals surface area contributed by atoms with E-state index in [1.165, 1.54) is 7.11 Å². The van der Waals surface area contributed by atoms with E-state index in [1.54, 1.807) is 6.08 Å². The van der Waals surface area contributed by atoms with Crippen molar-refractivity contribution in [2.24, 2.45) is 0 Å². The van der Waals surface area contributed by atoms with Crippen molar-refractivity contribution in [3.05, 3.63) is 23.9 Å². The number of hydrogen-bond acceptors (Lipinski definition) is 4. The molecule has 0 bridgehead atoms. The molecule has 0 aromatic heterocycles. The van der Waals surface area contributed by atoms with Crippen molar-refractivity contribution in [2.45, 2.75) is 11.1 Å². The molecule has 76 valence electrons. The van der Waals surface area contributed by atoms with Gasteiger partial charge in [-0.2, -0.15) is 0 Å². The number of fused-ring (bicyclic) bond motifs is 1. The Bertz CT molecular complexity index is 314. The molecule has 5 heteroatoms. The number of esters is 1. The number of carbonyl (C=O) groups excluding carboxylic acids is 1. The number of carbonyl (C=O) groups is 1. The second-order valence-corrected chi connectivity index (χ2v) is 4.23. The molecule has 0 aliphatic carbocycles. The first kappa shape index (κ1) is 9.73. The molecule has 2 rings (SSSR count). The van der Waals surface area contributed by atoms with E-state index < -0.39 is 0 Å². The second kappa shape index (κ2) is 3.74. The fourth-order valence-electron chi connectivity index (χ4n) is 1.57. The molecule has 0 spiro atoms. The lowest BCUT2D eigenvalue weighted by atomic mass is 10.2. The fraction of sp³-hybridized carbons (Fsp3) is 0.444. The Labute approximate surface area is 90.7 Å². The Morgan fingerprint density at radius 2 is 2.57 bits per heavy atom. The van der Waals surface area contributed by atoms with Crippen LogP contribution in [-0.2, 0) is 9.53 Å². The van der Waals surface area contributed by atoms with Crippen LogP contribution < -0.4 is 5.32 Å². The average Bonchev–Trinajstić information content (AvgIpc) is 2.59. The van der Waals surface area contributed by atoms with E-state index in [1.807, 2.05) is 17.2 Å². The predicted molar refractivity (Wildman–Crippen MR) is 55.6 cm³/mol. The molecular weight excluding hydrogens is 248 g/mol. The van der Waals surface area contributed by atoms with Crippen molar-refractivity contribution in [3.8, 4) is 0 Å². The molecule has 0 aromatic rings. The number of hydrogen-bond donors (Lipinski definition) is 1. The van der Waals surface area contributed by atoms with Gasteiger partial charge in [-0.3, -0.25) is 5.32 Å². The topological polar surface area (TPSA) is 41.6 Å². The monoisotopic (exact) mass is 258 g/mol. The normalized spacial score (nSPS) is 29.9. The first-order valence-electron chi connectivity index (χ1n) is 4.35. The molecule has 1 saturated heterocycles. The molecule has 0 unspecified atom stereocenters. The van der Waals surface area contributed by atoms with E-state index in [-0.39, 0.29) is 17.1 Å². The molecule has 2 atom stereocenters. The average molecular weight is 259 g/mol. The fourth-order valence-corrected chi connectivity index (χ4v) is 2.13. The smallest absolute Gasteiger partial charge is 0.339 e. The quantitative estimate of drug-likeness (QED) is 0.424. The van der Waals surface area contributed by atoms with Gasteiger partial charge in [0, 0.05) is 12.7 Å². The summed E-state index contributed by atoms with van der Waals surface area (Å²) in [5.74, 6) is -0.300. The first-order valence-corrected chi connectivity index (χ1v) is 5.27.